The molecule has 3 aliphatic carbocycles. The summed E-state index contributed by atoms with van der Waals surface area (Å²) in [7, 11) is 0. The van der Waals surface area contributed by atoms with Crippen molar-refractivity contribution in [3.63, 3.8) is 0 Å². The van der Waals surface area contributed by atoms with Gasteiger partial charge in [0.25, 0.3) is 0 Å². The largest absolute Gasteiger partial charge is 0.295 e. The van der Waals surface area contributed by atoms with Crippen LogP contribution < -0.4 is 0 Å². The smallest absolute Gasteiger partial charge is 0.158 e. The number of carbonyl (C=O) groups is 1. The highest BCUT2D eigenvalue weighted by Gasteiger charge is 2.54. The van der Waals surface area contributed by atoms with Crippen molar-refractivity contribution in [3.8, 4) is 0 Å². The van der Waals surface area contributed by atoms with Gasteiger partial charge >= 0.3 is 0 Å². The lowest BCUT2D eigenvalue weighted by Gasteiger charge is -2.56. The molecule has 0 aromatic carbocycles. The van der Waals surface area contributed by atoms with Gasteiger partial charge in [-0.15, -0.1) is 0 Å². The molecule has 1 heteroatoms. The Labute approximate surface area is 67.5 Å². The standard InChI is InChI=1S/C10H14O/c1-6-8-4-7(5-9(6)11)10(8,2)3/h7-8H,1,4-5H2,2-3H3/t7-,8+/m0/s1. The summed E-state index contributed by atoms with van der Waals surface area (Å²) in [6.45, 7) is 8.37. The van der Waals surface area contributed by atoms with Crippen LogP contribution in [0, 0.1) is 17.3 Å². The number of Topliss-reactive ketones (excluding diaryl/α,β-unsaturated/α-hetero) is 1. The molecule has 0 aromatic heterocycles. The van der Waals surface area contributed by atoms with Gasteiger partial charge in [-0.3, -0.25) is 4.79 Å². The highest BCUT2D eigenvalue weighted by atomic mass is 16.1. The van der Waals surface area contributed by atoms with E-state index in [9.17, 15) is 4.79 Å². The molecule has 0 amide bonds. The van der Waals surface area contributed by atoms with Gasteiger partial charge in [-0.1, -0.05) is 20.4 Å². The second kappa shape index (κ2) is 1.77. The van der Waals surface area contributed by atoms with Crippen LogP contribution in [0.25, 0.3) is 0 Å². The van der Waals surface area contributed by atoms with Gasteiger partial charge in [0.2, 0.25) is 0 Å². The first-order valence-electron chi connectivity index (χ1n) is 4.25. The molecule has 3 rings (SSSR count). The van der Waals surface area contributed by atoms with Crippen molar-refractivity contribution in [2.45, 2.75) is 26.7 Å². The molecule has 0 N–H and O–H groups in total. The number of carbonyl (C=O) groups excluding carboxylic acids is 1. The van der Waals surface area contributed by atoms with E-state index in [1.54, 1.807) is 0 Å². The third-order valence-electron chi connectivity index (χ3n) is 3.68. The van der Waals surface area contributed by atoms with Crippen LogP contribution in [-0.4, -0.2) is 5.78 Å². The molecule has 3 saturated carbocycles. The van der Waals surface area contributed by atoms with E-state index in [0.29, 0.717) is 23.0 Å². The number of rotatable bonds is 0. The van der Waals surface area contributed by atoms with E-state index in [-0.39, 0.29) is 0 Å². The molecule has 0 saturated heterocycles. The summed E-state index contributed by atoms with van der Waals surface area (Å²) in [4.78, 5) is 11.2. The summed E-state index contributed by atoms with van der Waals surface area (Å²) < 4.78 is 0. The van der Waals surface area contributed by atoms with Gasteiger partial charge in [0, 0.05) is 6.42 Å². The van der Waals surface area contributed by atoms with E-state index in [1.807, 2.05) is 0 Å². The van der Waals surface area contributed by atoms with Gasteiger partial charge in [-0.05, 0) is 29.2 Å². The first-order valence-corrected chi connectivity index (χ1v) is 4.25. The zero-order valence-corrected chi connectivity index (χ0v) is 7.18. The average Bonchev–Trinajstić information content (AvgIpc) is 1.93. The Morgan fingerprint density at radius 2 is 2.18 bits per heavy atom. The van der Waals surface area contributed by atoms with Crippen LogP contribution in [0.2, 0.25) is 0 Å². The third kappa shape index (κ3) is 0.688. The van der Waals surface area contributed by atoms with Crippen molar-refractivity contribution in [2.75, 3.05) is 0 Å². The number of hydrogen-bond acceptors (Lipinski definition) is 1. The van der Waals surface area contributed by atoms with Crippen molar-refractivity contribution in [3.05, 3.63) is 12.2 Å². The van der Waals surface area contributed by atoms with E-state index < -0.39 is 0 Å². The van der Waals surface area contributed by atoms with Crippen molar-refractivity contribution in [1.82, 2.24) is 0 Å². The quantitative estimate of drug-likeness (QED) is 0.484. The predicted octanol–water partition coefficient (Wildman–Crippen LogP) is 2.18. The van der Waals surface area contributed by atoms with Crippen molar-refractivity contribution < 1.29 is 4.79 Å². The molecule has 1 nitrogen and oxygen atoms in total. The monoisotopic (exact) mass is 150 g/mol. The van der Waals surface area contributed by atoms with Gasteiger partial charge in [-0.25, -0.2) is 0 Å². The first-order chi connectivity index (χ1) is 5.03. The molecule has 0 spiro atoms. The molecule has 3 fully saturated rings. The van der Waals surface area contributed by atoms with Gasteiger partial charge in [0.05, 0.1) is 0 Å². The SMILES string of the molecule is C=C1C(=O)C[C@@H]2C[C@H]1C2(C)C. The van der Waals surface area contributed by atoms with E-state index >= 15 is 0 Å². The lowest BCUT2D eigenvalue weighted by molar-refractivity contribution is -0.129. The minimum Gasteiger partial charge on any atom is -0.295 e. The summed E-state index contributed by atoms with van der Waals surface area (Å²) in [5, 5.41) is 0. The summed E-state index contributed by atoms with van der Waals surface area (Å²) in [5.41, 5.74) is 1.25. The Hall–Kier alpha value is -0.590. The molecule has 3 aliphatic rings. The molecule has 0 heterocycles. The van der Waals surface area contributed by atoms with E-state index in [2.05, 4.69) is 20.4 Å². The van der Waals surface area contributed by atoms with E-state index in [1.165, 1.54) is 6.42 Å². The minimum atomic E-state index is 0.311. The molecule has 0 radical (unpaired) electrons. The third-order valence-corrected chi connectivity index (χ3v) is 3.68. The summed E-state index contributed by atoms with van der Waals surface area (Å²) in [6.07, 6.45) is 1.96. The van der Waals surface area contributed by atoms with Crippen LogP contribution in [0.15, 0.2) is 12.2 Å². The minimum absolute atomic E-state index is 0.311. The number of ketones is 1. The molecule has 11 heavy (non-hydrogen) atoms. The Bertz CT molecular complexity index is 237. The lowest BCUT2D eigenvalue weighted by Crippen LogP contribution is -2.52. The van der Waals surface area contributed by atoms with Crippen LogP contribution in [0.5, 0.6) is 0 Å². The highest BCUT2D eigenvalue weighted by molar-refractivity contribution is 5.97. The molecule has 2 bridgehead atoms. The summed E-state index contributed by atoms with van der Waals surface area (Å²) in [6, 6.07) is 0. The second-order valence-corrected chi connectivity index (χ2v) is 4.46. The van der Waals surface area contributed by atoms with Crippen LogP contribution in [0.1, 0.15) is 26.7 Å². The molecule has 0 unspecified atom stereocenters. The van der Waals surface area contributed by atoms with Crippen LogP contribution in [-0.2, 0) is 4.79 Å². The lowest BCUT2D eigenvalue weighted by atomic mass is 9.47. The fourth-order valence-corrected chi connectivity index (χ4v) is 2.50. The number of fused-ring (bicyclic) bond motifs is 2. The molecule has 2 atom stereocenters. The fourth-order valence-electron chi connectivity index (χ4n) is 2.50. The molecular weight excluding hydrogens is 136 g/mol. The molecular formula is C10H14O. The van der Waals surface area contributed by atoms with Gasteiger partial charge in [-0.2, -0.15) is 0 Å². The van der Waals surface area contributed by atoms with Crippen LogP contribution in [0.3, 0.4) is 0 Å². The topological polar surface area (TPSA) is 17.1 Å². The first kappa shape index (κ1) is 7.08. The van der Waals surface area contributed by atoms with Gasteiger partial charge in [0.15, 0.2) is 5.78 Å². The second-order valence-electron chi connectivity index (χ2n) is 4.46. The Morgan fingerprint density at radius 1 is 1.55 bits per heavy atom. The van der Waals surface area contributed by atoms with E-state index in [4.69, 9.17) is 0 Å². The molecule has 0 aliphatic heterocycles. The zero-order chi connectivity index (χ0) is 8.22. The molecule has 0 aromatic rings. The highest BCUT2D eigenvalue weighted by Crippen LogP contribution is 2.59. The van der Waals surface area contributed by atoms with E-state index in [0.717, 1.165) is 12.0 Å². The molecule has 60 valence electrons. The van der Waals surface area contributed by atoms with Gasteiger partial charge in [0.1, 0.15) is 0 Å². The number of hydrogen-bond donors (Lipinski definition) is 0. The van der Waals surface area contributed by atoms with Crippen molar-refractivity contribution >= 4 is 5.78 Å². The number of allylic oxidation sites excluding steroid dienone is 1. The zero-order valence-electron chi connectivity index (χ0n) is 7.18. The maximum Gasteiger partial charge on any atom is 0.158 e. The predicted molar refractivity (Wildman–Crippen MR) is 44.1 cm³/mol. The van der Waals surface area contributed by atoms with Crippen molar-refractivity contribution in [2.24, 2.45) is 17.3 Å². The average molecular weight is 150 g/mol. The van der Waals surface area contributed by atoms with Gasteiger partial charge < -0.3 is 0 Å². The summed E-state index contributed by atoms with van der Waals surface area (Å²) >= 11 is 0. The fraction of sp³-hybridized carbons (Fsp3) is 0.700. The Balaban J connectivity index is 2.30. The summed E-state index contributed by atoms with van der Waals surface area (Å²) in [5.74, 6) is 1.45. The Kier molecular flexibility index (Phi) is 1.14. The maximum absolute atomic E-state index is 11.2. The maximum atomic E-state index is 11.2. The van der Waals surface area contributed by atoms with Crippen molar-refractivity contribution in [1.29, 1.82) is 0 Å². The van der Waals surface area contributed by atoms with Crippen LogP contribution in [0.4, 0.5) is 0 Å². The Morgan fingerprint density at radius 3 is 2.55 bits per heavy atom. The van der Waals surface area contributed by atoms with Crippen LogP contribution >= 0.6 is 0 Å². The normalized spacial score (nSPS) is 40.2.